The lowest BCUT2D eigenvalue weighted by Gasteiger charge is -2.29. The fraction of sp³-hybridized carbons (Fsp3) is 0.556. The van der Waals surface area contributed by atoms with Crippen LogP contribution < -0.4 is 9.47 Å². The van der Waals surface area contributed by atoms with E-state index in [-0.39, 0.29) is 0 Å². The number of likely N-dealkylation sites (tertiary alicyclic amines) is 1. The molecule has 0 aromatic heterocycles. The fourth-order valence-electron chi connectivity index (χ4n) is 4.87. The highest BCUT2D eigenvalue weighted by atomic mass is 16.5. The van der Waals surface area contributed by atoms with Gasteiger partial charge in [-0.2, -0.15) is 0 Å². The van der Waals surface area contributed by atoms with Crippen LogP contribution in [0.5, 0.6) is 11.5 Å². The highest BCUT2D eigenvalue weighted by Gasteiger charge is 2.36. The Morgan fingerprint density at radius 3 is 2.32 bits per heavy atom. The fourth-order valence-corrected chi connectivity index (χ4v) is 4.87. The number of β-amino-alcohol motifs (C(OH)–C–C–N with tert-alkyl or cyclic N) is 1. The molecule has 2 aromatic carbocycles. The highest BCUT2D eigenvalue weighted by molar-refractivity contribution is 5.28. The van der Waals surface area contributed by atoms with Gasteiger partial charge in [-0.1, -0.05) is 24.3 Å². The molecule has 0 amide bonds. The smallest absolute Gasteiger partial charge is 0.119 e. The van der Waals surface area contributed by atoms with E-state index in [9.17, 15) is 5.11 Å². The third-order valence-electron chi connectivity index (χ3n) is 6.70. The van der Waals surface area contributed by atoms with Gasteiger partial charge in [-0.3, -0.25) is 14.7 Å². The first-order valence-corrected chi connectivity index (χ1v) is 12.3. The molecule has 2 aliphatic rings. The van der Waals surface area contributed by atoms with Gasteiger partial charge in [0.05, 0.1) is 25.9 Å². The number of rotatable bonds is 11. The van der Waals surface area contributed by atoms with Gasteiger partial charge in [-0.15, -0.1) is 0 Å². The standard InChI is InChI=1S/C27H39N3O4/c1-28(19-23-3-7-25(32-2)8-4-23)21-27(31)11-12-30(22-27)20-24-5-9-26(10-6-24)34-18-15-29-13-16-33-17-14-29/h3-10,31H,11-22H2,1-2H3/t27-/m1/s1. The summed E-state index contributed by atoms with van der Waals surface area (Å²) in [6, 6.07) is 16.5. The first-order chi connectivity index (χ1) is 16.5. The molecule has 7 nitrogen and oxygen atoms in total. The van der Waals surface area contributed by atoms with Crippen molar-refractivity contribution in [3.8, 4) is 11.5 Å². The summed E-state index contributed by atoms with van der Waals surface area (Å²) in [5.74, 6) is 1.78. The van der Waals surface area contributed by atoms with Crippen molar-refractivity contribution in [3.05, 3.63) is 59.7 Å². The predicted molar refractivity (Wildman–Crippen MR) is 133 cm³/mol. The second-order valence-electron chi connectivity index (χ2n) is 9.65. The lowest BCUT2D eigenvalue weighted by Crippen LogP contribution is -2.43. The number of methoxy groups -OCH3 is 1. The zero-order valence-electron chi connectivity index (χ0n) is 20.6. The van der Waals surface area contributed by atoms with E-state index >= 15 is 0 Å². The van der Waals surface area contributed by atoms with Crippen molar-refractivity contribution in [1.29, 1.82) is 0 Å². The Bertz CT molecular complexity index is 870. The largest absolute Gasteiger partial charge is 0.497 e. The summed E-state index contributed by atoms with van der Waals surface area (Å²) >= 11 is 0. The summed E-state index contributed by atoms with van der Waals surface area (Å²) in [4.78, 5) is 6.92. The van der Waals surface area contributed by atoms with Crippen LogP contribution >= 0.6 is 0 Å². The Hall–Kier alpha value is -2.16. The summed E-state index contributed by atoms with van der Waals surface area (Å²) in [6.45, 7) is 9.15. The minimum Gasteiger partial charge on any atom is -0.497 e. The Labute approximate surface area is 203 Å². The molecule has 2 fully saturated rings. The second kappa shape index (κ2) is 12.0. The third kappa shape index (κ3) is 7.42. The van der Waals surface area contributed by atoms with Crippen LogP contribution in [0, 0.1) is 0 Å². The lowest BCUT2D eigenvalue weighted by molar-refractivity contribution is 0.0162. The first-order valence-electron chi connectivity index (χ1n) is 12.3. The van der Waals surface area contributed by atoms with Crippen molar-refractivity contribution in [2.75, 3.05) is 73.2 Å². The van der Waals surface area contributed by atoms with E-state index in [1.54, 1.807) is 7.11 Å². The Balaban J connectivity index is 1.19. The van der Waals surface area contributed by atoms with Gasteiger partial charge in [-0.25, -0.2) is 0 Å². The zero-order valence-corrected chi connectivity index (χ0v) is 20.6. The maximum Gasteiger partial charge on any atom is 0.119 e. The van der Waals surface area contributed by atoms with Crippen molar-refractivity contribution in [2.24, 2.45) is 0 Å². The van der Waals surface area contributed by atoms with Crippen molar-refractivity contribution in [2.45, 2.75) is 25.1 Å². The average molecular weight is 470 g/mol. The molecule has 2 saturated heterocycles. The zero-order chi connectivity index (χ0) is 23.8. The average Bonchev–Trinajstić information content (AvgIpc) is 3.21. The van der Waals surface area contributed by atoms with Gasteiger partial charge in [0.15, 0.2) is 0 Å². The summed E-state index contributed by atoms with van der Waals surface area (Å²) in [6.07, 6.45) is 0.794. The van der Waals surface area contributed by atoms with E-state index in [2.05, 4.69) is 58.1 Å². The molecule has 1 atom stereocenters. The molecule has 0 bridgehead atoms. The lowest BCUT2D eigenvalue weighted by atomic mass is 10.0. The molecular weight excluding hydrogens is 430 g/mol. The minimum absolute atomic E-state index is 0.658. The van der Waals surface area contributed by atoms with Gasteiger partial charge >= 0.3 is 0 Å². The molecule has 34 heavy (non-hydrogen) atoms. The summed E-state index contributed by atoms with van der Waals surface area (Å²) in [7, 11) is 3.75. The van der Waals surface area contributed by atoms with Gasteiger partial charge in [-0.05, 0) is 48.9 Å². The van der Waals surface area contributed by atoms with Crippen molar-refractivity contribution in [3.63, 3.8) is 0 Å². The molecule has 0 unspecified atom stereocenters. The maximum absolute atomic E-state index is 11.2. The van der Waals surface area contributed by atoms with Crippen LogP contribution in [0.2, 0.25) is 0 Å². The predicted octanol–water partition coefficient (Wildman–Crippen LogP) is 2.48. The van der Waals surface area contributed by atoms with Crippen molar-refractivity contribution < 1.29 is 19.3 Å². The van der Waals surface area contributed by atoms with Crippen LogP contribution in [0.4, 0.5) is 0 Å². The van der Waals surface area contributed by atoms with E-state index in [1.807, 2.05) is 12.1 Å². The van der Waals surface area contributed by atoms with Gasteiger partial charge in [0.25, 0.3) is 0 Å². The molecular formula is C27H39N3O4. The van der Waals surface area contributed by atoms with Crippen LogP contribution in [-0.4, -0.2) is 98.7 Å². The molecule has 7 heteroatoms. The number of hydrogen-bond acceptors (Lipinski definition) is 7. The Morgan fingerprint density at radius 1 is 0.941 bits per heavy atom. The van der Waals surface area contributed by atoms with Crippen LogP contribution in [0.3, 0.4) is 0 Å². The normalized spacial score (nSPS) is 21.8. The van der Waals surface area contributed by atoms with E-state index in [0.29, 0.717) is 19.7 Å². The molecule has 4 rings (SSSR count). The van der Waals surface area contributed by atoms with E-state index in [0.717, 1.165) is 70.4 Å². The van der Waals surface area contributed by atoms with Crippen LogP contribution in [-0.2, 0) is 17.8 Å². The minimum atomic E-state index is -0.677. The van der Waals surface area contributed by atoms with Crippen molar-refractivity contribution >= 4 is 0 Å². The maximum atomic E-state index is 11.2. The molecule has 1 N–H and O–H groups in total. The number of benzene rings is 2. The van der Waals surface area contributed by atoms with Crippen molar-refractivity contribution in [1.82, 2.24) is 14.7 Å². The summed E-state index contributed by atoms with van der Waals surface area (Å²) in [5.41, 5.74) is 1.79. The molecule has 186 valence electrons. The molecule has 2 aliphatic heterocycles. The monoisotopic (exact) mass is 469 g/mol. The van der Waals surface area contributed by atoms with Gasteiger partial charge < -0.3 is 19.3 Å². The molecule has 0 radical (unpaired) electrons. The number of aliphatic hydroxyl groups is 1. The second-order valence-corrected chi connectivity index (χ2v) is 9.65. The summed E-state index contributed by atoms with van der Waals surface area (Å²) in [5, 5.41) is 11.2. The topological polar surface area (TPSA) is 57.6 Å². The number of morpholine rings is 1. The Morgan fingerprint density at radius 2 is 1.62 bits per heavy atom. The van der Waals surface area contributed by atoms with E-state index < -0.39 is 5.60 Å². The SMILES string of the molecule is COc1ccc(CN(C)C[C@]2(O)CCN(Cc3ccc(OCCN4CCOCC4)cc3)C2)cc1. The molecule has 2 aromatic rings. The number of nitrogens with zero attached hydrogens (tertiary/aromatic N) is 3. The molecule has 0 aliphatic carbocycles. The van der Waals surface area contributed by atoms with Crippen LogP contribution in [0.15, 0.2) is 48.5 Å². The third-order valence-corrected chi connectivity index (χ3v) is 6.70. The van der Waals surface area contributed by atoms with E-state index in [1.165, 1.54) is 11.1 Å². The summed E-state index contributed by atoms with van der Waals surface area (Å²) < 4.78 is 16.5. The number of hydrogen-bond donors (Lipinski definition) is 1. The van der Waals surface area contributed by atoms with Gasteiger partial charge in [0.2, 0.25) is 0 Å². The quantitative estimate of drug-likeness (QED) is 0.543. The number of likely N-dealkylation sites (N-methyl/N-ethyl adjacent to an activating group) is 1. The van der Waals surface area contributed by atoms with Gasteiger partial charge in [0, 0.05) is 52.4 Å². The molecule has 0 saturated carbocycles. The number of ether oxygens (including phenoxy) is 3. The Kier molecular flexibility index (Phi) is 8.80. The highest BCUT2D eigenvalue weighted by Crippen LogP contribution is 2.25. The van der Waals surface area contributed by atoms with Gasteiger partial charge in [0.1, 0.15) is 18.1 Å². The molecule has 0 spiro atoms. The van der Waals surface area contributed by atoms with Crippen LogP contribution in [0.25, 0.3) is 0 Å². The van der Waals surface area contributed by atoms with E-state index in [4.69, 9.17) is 14.2 Å². The first kappa shape index (κ1) is 24.9. The van der Waals surface area contributed by atoms with Crippen LogP contribution in [0.1, 0.15) is 17.5 Å². The molecule has 2 heterocycles.